The minimum absolute atomic E-state index is 0. The molecule has 1 fully saturated rings. The van der Waals surface area contributed by atoms with E-state index in [-0.39, 0.29) is 24.0 Å². The monoisotopic (exact) mass is 412 g/mol. The molecule has 1 saturated carbocycles. The zero-order chi connectivity index (χ0) is 14.5. The molecular weight excluding hydrogens is 391 g/mol. The number of para-hydroxylation sites is 1. The van der Waals surface area contributed by atoms with Gasteiger partial charge in [-0.05, 0) is 30.9 Å². The summed E-state index contributed by atoms with van der Waals surface area (Å²) >= 11 is 0. The van der Waals surface area contributed by atoms with Crippen molar-refractivity contribution >= 4 is 29.9 Å². The number of nitrogens with zero attached hydrogens (tertiary/aromatic N) is 4. The molecule has 1 aromatic heterocycles. The highest BCUT2D eigenvalue weighted by Crippen LogP contribution is 2.27. The summed E-state index contributed by atoms with van der Waals surface area (Å²) in [5.74, 6) is 2.48. The molecule has 0 unspecified atom stereocenters. The summed E-state index contributed by atoms with van der Waals surface area (Å²) in [6.45, 7) is 1.57. The van der Waals surface area contributed by atoms with E-state index < -0.39 is 0 Å². The molecule has 0 amide bonds. The number of benzene rings is 1. The highest BCUT2D eigenvalue weighted by molar-refractivity contribution is 14.0. The lowest BCUT2D eigenvalue weighted by molar-refractivity contribution is 0.719. The standard InChI is InChI=1S/C15H20N6.HI/c1-16-15(17-9-12-7-8-12)18-10-14-20-19-11-21(14)13-5-3-2-4-6-13;/h2-6,11-12H,7-10H2,1H3,(H2,16,17,18);1H. The van der Waals surface area contributed by atoms with Gasteiger partial charge in [-0.25, -0.2) is 0 Å². The van der Waals surface area contributed by atoms with Crippen LogP contribution in [0.5, 0.6) is 0 Å². The van der Waals surface area contributed by atoms with E-state index in [1.165, 1.54) is 12.8 Å². The van der Waals surface area contributed by atoms with Crippen LogP contribution in [0.25, 0.3) is 5.69 Å². The van der Waals surface area contributed by atoms with Crippen LogP contribution in [0.3, 0.4) is 0 Å². The van der Waals surface area contributed by atoms with Gasteiger partial charge in [0.1, 0.15) is 6.33 Å². The molecule has 2 N–H and O–H groups in total. The number of guanidine groups is 1. The molecule has 2 aromatic rings. The molecule has 0 aliphatic heterocycles. The summed E-state index contributed by atoms with van der Waals surface area (Å²) in [5.41, 5.74) is 1.06. The fraction of sp³-hybridized carbons (Fsp3) is 0.400. The van der Waals surface area contributed by atoms with Crippen LogP contribution in [-0.4, -0.2) is 34.3 Å². The normalized spacial score (nSPS) is 14.3. The Morgan fingerprint density at radius 3 is 2.73 bits per heavy atom. The molecule has 1 aliphatic rings. The van der Waals surface area contributed by atoms with Crippen LogP contribution in [0.4, 0.5) is 0 Å². The number of rotatable bonds is 5. The van der Waals surface area contributed by atoms with Crippen molar-refractivity contribution in [2.24, 2.45) is 10.9 Å². The Labute approximate surface area is 147 Å². The second kappa shape index (κ2) is 8.11. The summed E-state index contributed by atoms with van der Waals surface area (Å²) in [5, 5.41) is 14.8. The zero-order valence-electron chi connectivity index (χ0n) is 12.6. The summed E-state index contributed by atoms with van der Waals surface area (Å²) in [7, 11) is 1.78. The average Bonchev–Trinajstić information content (AvgIpc) is 3.24. The van der Waals surface area contributed by atoms with Gasteiger partial charge in [0.25, 0.3) is 0 Å². The van der Waals surface area contributed by atoms with Gasteiger partial charge in [-0.1, -0.05) is 18.2 Å². The molecular formula is C15H21IN6. The predicted octanol–water partition coefficient (Wildman–Crippen LogP) is 1.96. The SMILES string of the molecule is CN=C(NCc1nncn1-c1ccccc1)NCC1CC1.I. The van der Waals surface area contributed by atoms with E-state index in [2.05, 4.69) is 25.8 Å². The Kier molecular flexibility index (Phi) is 6.17. The Balaban J connectivity index is 0.00000176. The largest absolute Gasteiger partial charge is 0.356 e. The van der Waals surface area contributed by atoms with E-state index in [0.29, 0.717) is 6.54 Å². The van der Waals surface area contributed by atoms with Crippen molar-refractivity contribution in [1.29, 1.82) is 0 Å². The van der Waals surface area contributed by atoms with Gasteiger partial charge in [-0.15, -0.1) is 34.2 Å². The Morgan fingerprint density at radius 2 is 2.05 bits per heavy atom. The molecule has 0 atom stereocenters. The molecule has 0 saturated heterocycles. The number of aromatic nitrogens is 3. The Hall–Kier alpha value is -1.64. The molecule has 3 rings (SSSR count). The van der Waals surface area contributed by atoms with Gasteiger partial charge in [0.2, 0.25) is 0 Å². The number of halogens is 1. The van der Waals surface area contributed by atoms with E-state index in [1.54, 1.807) is 13.4 Å². The summed E-state index contributed by atoms with van der Waals surface area (Å²) in [6, 6.07) is 10.1. The van der Waals surface area contributed by atoms with Crippen molar-refractivity contribution < 1.29 is 0 Å². The first-order valence-electron chi connectivity index (χ1n) is 7.25. The van der Waals surface area contributed by atoms with E-state index in [4.69, 9.17) is 0 Å². The first-order chi connectivity index (χ1) is 10.4. The highest BCUT2D eigenvalue weighted by Gasteiger charge is 2.21. The lowest BCUT2D eigenvalue weighted by atomic mass is 10.3. The van der Waals surface area contributed by atoms with Gasteiger partial charge in [0, 0.05) is 19.3 Å². The van der Waals surface area contributed by atoms with E-state index in [0.717, 1.165) is 29.9 Å². The van der Waals surface area contributed by atoms with Gasteiger partial charge in [-0.3, -0.25) is 9.56 Å². The Morgan fingerprint density at radius 1 is 1.27 bits per heavy atom. The molecule has 118 valence electrons. The van der Waals surface area contributed by atoms with Gasteiger partial charge in [0.15, 0.2) is 11.8 Å². The fourth-order valence-corrected chi connectivity index (χ4v) is 2.13. The second-order valence-electron chi connectivity index (χ2n) is 5.20. The summed E-state index contributed by atoms with van der Waals surface area (Å²) < 4.78 is 1.97. The topological polar surface area (TPSA) is 67.1 Å². The van der Waals surface area contributed by atoms with Crippen LogP contribution in [-0.2, 0) is 6.54 Å². The maximum absolute atomic E-state index is 4.23. The molecule has 1 heterocycles. The quantitative estimate of drug-likeness (QED) is 0.448. The van der Waals surface area contributed by atoms with E-state index >= 15 is 0 Å². The maximum atomic E-state index is 4.23. The van der Waals surface area contributed by atoms with Gasteiger partial charge >= 0.3 is 0 Å². The van der Waals surface area contributed by atoms with Gasteiger partial charge in [0.05, 0.1) is 6.54 Å². The molecule has 6 nitrogen and oxygen atoms in total. The average molecular weight is 412 g/mol. The number of nitrogens with one attached hydrogen (secondary N) is 2. The number of hydrogen-bond donors (Lipinski definition) is 2. The number of aliphatic imine (C=N–C) groups is 1. The van der Waals surface area contributed by atoms with Crippen molar-refractivity contribution in [3.05, 3.63) is 42.5 Å². The van der Waals surface area contributed by atoms with Crippen LogP contribution >= 0.6 is 24.0 Å². The third kappa shape index (κ3) is 4.43. The smallest absolute Gasteiger partial charge is 0.191 e. The third-order valence-electron chi connectivity index (χ3n) is 3.55. The van der Waals surface area contributed by atoms with Crippen LogP contribution in [0.2, 0.25) is 0 Å². The first-order valence-corrected chi connectivity index (χ1v) is 7.25. The zero-order valence-corrected chi connectivity index (χ0v) is 14.9. The van der Waals surface area contributed by atoms with Gasteiger partial charge in [-0.2, -0.15) is 0 Å². The summed E-state index contributed by atoms with van der Waals surface area (Å²) in [4.78, 5) is 4.23. The predicted molar refractivity (Wildman–Crippen MR) is 97.7 cm³/mol. The van der Waals surface area contributed by atoms with Crippen LogP contribution in [0.15, 0.2) is 41.7 Å². The fourth-order valence-electron chi connectivity index (χ4n) is 2.13. The first kappa shape index (κ1) is 16.7. The van der Waals surface area contributed by atoms with Crippen LogP contribution < -0.4 is 10.6 Å². The maximum Gasteiger partial charge on any atom is 0.191 e. The van der Waals surface area contributed by atoms with E-state index in [9.17, 15) is 0 Å². The third-order valence-corrected chi connectivity index (χ3v) is 3.55. The molecule has 22 heavy (non-hydrogen) atoms. The molecule has 1 aliphatic carbocycles. The van der Waals surface area contributed by atoms with Crippen molar-refractivity contribution in [3.8, 4) is 5.69 Å². The van der Waals surface area contributed by atoms with Crippen molar-refractivity contribution in [2.75, 3.05) is 13.6 Å². The van der Waals surface area contributed by atoms with Crippen LogP contribution in [0.1, 0.15) is 18.7 Å². The van der Waals surface area contributed by atoms with E-state index in [1.807, 2.05) is 34.9 Å². The lowest BCUT2D eigenvalue weighted by Gasteiger charge is -2.12. The Bertz CT molecular complexity index is 606. The number of hydrogen-bond acceptors (Lipinski definition) is 3. The van der Waals surface area contributed by atoms with Crippen molar-refractivity contribution in [1.82, 2.24) is 25.4 Å². The molecule has 7 heteroatoms. The lowest BCUT2D eigenvalue weighted by Crippen LogP contribution is -2.38. The minimum Gasteiger partial charge on any atom is -0.356 e. The molecule has 0 spiro atoms. The highest BCUT2D eigenvalue weighted by atomic mass is 127. The minimum atomic E-state index is 0. The van der Waals surface area contributed by atoms with Crippen molar-refractivity contribution in [2.45, 2.75) is 19.4 Å². The molecule has 0 radical (unpaired) electrons. The van der Waals surface area contributed by atoms with Gasteiger partial charge < -0.3 is 10.6 Å². The van der Waals surface area contributed by atoms with Crippen LogP contribution in [0, 0.1) is 5.92 Å². The molecule has 0 bridgehead atoms. The molecule has 1 aromatic carbocycles. The second-order valence-corrected chi connectivity index (χ2v) is 5.20. The van der Waals surface area contributed by atoms with Crippen molar-refractivity contribution in [3.63, 3.8) is 0 Å². The summed E-state index contributed by atoms with van der Waals surface area (Å²) in [6.07, 6.45) is 4.38.